The lowest BCUT2D eigenvalue weighted by Gasteiger charge is -1.98. The molecule has 0 atom stereocenters. The highest BCUT2D eigenvalue weighted by molar-refractivity contribution is 5.69. The fraction of sp³-hybridized carbons (Fsp3) is 0.429. The fourth-order valence-electron chi connectivity index (χ4n) is 0.302. The minimum absolute atomic E-state index is 0.0170. The van der Waals surface area contributed by atoms with Crippen molar-refractivity contribution in [1.29, 1.82) is 5.26 Å². The van der Waals surface area contributed by atoms with Crippen LogP contribution >= 0.6 is 0 Å². The number of carbonyl (C=O) groups excluding carboxylic acids is 1. The monoisotopic (exact) mass is 139 g/mol. The first-order chi connectivity index (χ1) is 4.70. The van der Waals surface area contributed by atoms with Gasteiger partial charge in [0.25, 0.3) is 0 Å². The van der Waals surface area contributed by atoms with E-state index in [1.165, 1.54) is 0 Å². The summed E-state index contributed by atoms with van der Waals surface area (Å²) in [4.78, 5) is 10.5. The Kier molecular flexibility index (Phi) is 3.97. The molecule has 0 spiro atoms. The van der Waals surface area contributed by atoms with Crippen LogP contribution in [0.15, 0.2) is 12.2 Å². The second kappa shape index (κ2) is 4.57. The summed E-state index contributed by atoms with van der Waals surface area (Å²) in [5, 5.41) is 8.18. The van der Waals surface area contributed by atoms with E-state index >= 15 is 0 Å². The normalized spacial score (nSPS) is 8.00. The van der Waals surface area contributed by atoms with Crippen LogP contribution in [0.4, 0.5) is 0 Å². The van der Waals surface area contributed by atoms with Crippen LogP contribution < -0.4 is 0 Å². The molecule has 3 nitrogen and oxygen atoms in total. The molecule has 0 heterocycles. The molecule has 0 fully saturated rings. The van der Waals surface area contributed by atoms with Crippen molar-refractivity contribution in [2.75, 3.05) is 6.61 Å². The van der Waals surface area contributed by atoms with Crippen molar-refractivity contribution in [2.24, 2.45) is 0 Å². The topological polar surface area (TPSA) is 50.1 Å². The van der Waals surface area contributed by atoms with Gasteiger partial charge in [-0.05, 0) is 0 Å². The first-order valence-electron chi connectivity index (χ1n) is 2.94. The lowest BCUT2D eigenvalue weighted by molar-refractivity contribution is -0.142. The molecule has 10 heavy (non-hydrogen) atoms. The second-order valence-electron chi connectivity index (χ2n) is 1.73. The van der Waals surface area contributed by atoms with Gasteiger partial charge in [0, 0.05) is 6.42 Å². The minimum atomic E-state index is -0.309. The smallest absolute Gasteiger partial charge is 0.305 e. The molecule has 0 saturated heterocycles. The van der Waals surface area contributed by atoms with Gasteiger partial charge in [-0.2, -0.15) is 5.26 Å². The highest BCUT2D eigenvalue weighted by atomic mass is 16.5. The van der Waals surface area contributed by atoms with Gasteiger partial charge in [0.1, 0.15) is 6.61 Å². The molecule has 0 aromatic rings. The predicted octanol–water partition coefficient (Wildman–Crippen LogP) is 1.02. The van der Waals surface area contributed by atoms with Crippen LogP contribution in [-0.2, 0) is 9.53 Å². The summed E-state index contributed by atoms with van der Waals surface area (Å²) in [7, 11) is 0. The van der Waals surface area contributed by atoms with Crippen molar-refractivity contribution in [3.63, 3.8) is 0 Å². The van der Waals surface area contributed by atoms with Crippen molar-refractivity contribution in [1.82, 2.24) is 0 Å². The van der Waals surface area contributed by atoms with Gasteiger partial charge in [0.05, 0.1) is 11.6 Å². The molecule has 0 aliphatic heterocycles. The first kappa shape index (κ1) is 8.70. The van der Waals surface area contributed by atoms with Gasteiger partial charge >= 0.3 is 5.97 Å². The summed E-state index contributed by atoms with van der Waals surface area (Å²) < 4.78 is 4.58. The maximum absolute atomic E-state index is 10.5. The summed E-state index contributed by atoms with van der Waals surface area (Å²) in [5.74, 6) is -0.309. The first-order valence-corrected chi connectivity index (χ1v) is 2.94. The maximum Gasteiger partial charge on any atom is 0.305 e. The van der Waals surface area contributed by atoms with Crippen LogP contribution in [0.5, 0.6) is 0 Å². The molecule has 0 aromatic carbocycles. The third-order valence-corrected chi connectivity index (χ3v) is 0.854. The summed E-state index contributed by atoms with van der Waals surface area (Å²) in [6.07, 6.45) is 0.332. The molecule has 3 heteroatoms. The Bertz CT molecular complexity index is 179. The van der Waals surface area contributed by atoms with E-state index in [1.54, 1.807) is 13.0 Å². The third kappa shape index (κ3) is 3.67. The quantitative estimate of drug-likeness (QED) is 0.433. The van der Waals surface area contributed by atoms with Crippen molar-refractivity contribution in [3.8, 4) is 6.07 Å². The highest BCUT2D eigenvalue weighted by Gasteiger charge is 1.98. The zero-order chi connectivity index (χ0) is 7.98. The van der Waals surface area contributed by atoms with E-state index in [4.69, 9.17) is 5.26 Å². The standard InChI is InChI=1S/C7H9NO2/c1-3-7(9)10-5-6(2)4-8/h2-3,5H2,1H3. The number of ether oxygens (including phenoxy) is 1. The Labute approximate surface area is 59.9 Å². The Morgan fingerprint density at radius 3 is 2.80 bits per heavy atom. The lowest BCUT2D eigenvalue weighted by Crippen LogP contribution is -2.04. The largest absolute Gasteiger partial charge is 0.460 e. The van der Waals surface area contributed by atoms with E-state index in [0.717, 1.165) is 0 Å². The summed E-state index contributed by atoms with van der Waals surface area (Å²) in [5.41, 5.74) is 0.266. The maximum atomic E-state index is 10.5. The van der Waals surface area contributed by atoms with Crippen LogP contribution in [0.3, 0.4) is 0 Å². The number of esters is 1. The van der Waals surface area contributed by atoms with Gasteiger partial charge in [-0.25, -0.2) is 0 Å². The fourth-order valence-corrected chi connectivity index (χ4v) is 0.302. The average Bonchev–Trinajstić information content (AvgIpc) is 1.99. The van der Waals surface area contributed by atoms with Crippen LogP contribution in [0.1, 0.15) is 13.3 Å². The van der Waals surface area contributed by atoms with E-state index in [9.17, 15) is 4.79 Å². The van der Waals surface area contributed by atoms with Gasteiger partial charge < -0.3 is 4.74 Å². The van der Waals surface area contributed by atoms with Crippen LogP contribution in [0, 0.1) is 11.3 Å². The summed E-state index contributed by atoms with van der Waals surface area (Å²) in [6, 6.07) is 1.77. The average molecular weight is 139 g/mol. The molecular weight excluding hydrogens is 130 g/mol. The van der Waals surface area contributed by atoms with E-state index in [2.05, 4.69) is 11.3 Å². The van der Waals surface area contributed by atoms with Gasteiger partial charge in [0.15, 0.2) is 0 Å². The van der Waals surface area contributed by atoms with Gasteiger partial charge in [-0.15, -0.1) is 0 Å². The van der Waals surface area contributed by atoms with E-state index in [1.807, 2.05) is 0 Å². The van der Waals surface area contributed by atoms with E-state index in [-0.39, 0.29) is 18.1 Å². The molecule has 0 bridgehead atoms. The Morgan fingerprint density at radius 1 is 1.80 bits per heavy atom. The van der Waals surface area contributed by atoms with Crippen LogP contribution in [0.25, 0.3) is 0 Å². The minimum Gasteiger partial charge on any atom is -0.460 e. The Balaban J connectivity index is 3.48. The van der Waals surface area contributed by atoms with Crippen molar-refractivity contribution >= 4 is 5.97 Å². The second-order valence-corrected chi connectivity index (χ2v) is 1.73. The molecule has 0 aliphatic rings. The van der Waals surface area contributed by atoms with Gasteiger partial charge in [-0.1, -0.05) is 13.5 Å². The van der Waals surface area contributed by atoms with Crippen LogP contribution in [-0.4, -0.2) is 12.6 Å². The molecule has 0 N–H and O–H groups in total. The molecule has 0 aromatic heterocycles. The molecule has 54 valence electrons. The Morgan fingerprint density at radius 2 is 2.40 bits per heavy atom. The molecule has 0 saturated carbocycles. The molecular formula is C7H9NO2. The number of rotatable bonds is 3. The third-order valence-electron chi connectivity index (χ3n) is 0.854. The van der Waals surface area contributed by atoms with Gasteiger partial charge in [-0.3, -0.25) is 4.79 Å². The van der Waals surface area contributed by atoms with Gasteiger partial charge in [0.2, 0.25) is 0 Å². The molecule has 0 aliphatic carbocycles. The number of nitriles is 1. The SMILES string of the molecule is C=C(C#N)COC(=O)CC. The molecule has 0 unspecified atom stereocenters. The number of nitrogens with zero attached hydrogens (tertiary/aromatic N) is 1. The molecule has 0 amide bonds. The van der Waals surface area contributed by atoms with Crippen molar-refractivity contribution in [3.05, 3.63) is 12.2 Å². The zero-order valence-corrected chi connectivity index (χ0v) is 5.89. The highest BCUT2D eigenvalue weighted by Crippen LogP contribution is 1.90. The number of carbonyl (C=O) groups is 1. The summed E-state index contributed by atoms with van der Waals surface area (Å²) in [6.45, 7) is 5.05. The van der Waals surface area contributed by atoms with Crippen LogP contribution in [0.2, 0.25) is 0 Å². The Hall–Kier alpha value is -1.30. The zero-order valence-electron chi connectivity index (χ0n) is 5.89. The number of hydrogen-bond donors (Lipinski definition) is 0. The number of hydrogen-bond acceptors (Lipinski definition) is 3. The predicted molar refractivity (Wildman–Crippen MR) is 36.0 cm³/mol. The molecule has 0 rings (SSSR count). The van der Waals surface area contributed by atoms with E-state index < -0.39 is 0 Å². The summed E-state index contributed by atoms with van der Waals surface area (Å²) >= 11 is 0. The molecule has 0 radical (unpaired) electrons. The lowest BCUT2D eigenvalue weighted by atomic mass is 10.4. The van der Waals surface area contributed by atoms with E-state index in [0.29, 0.717) is 6.42 Å². The van der Waals surface area contributed by atoms with Crippen molar-refractivity contribution < 1.29 is 9.53 Å². The van der Waals surface area contributed by atoms with Crippen molar-refractivity contribution in [2.45, 2.75) is 13.3 Å².